The summed E-state index contributed by atoms with van der Waals surface area (Å²) in [5, 5.41) is 11.4. The van der Waals surface area contributed by atoms with Crippen LogP contribution in [-0.4, -0.2) is 14.5 Å². The number of aryl methyl sites for hydroxylation is 1. The Bertz CT molecular complexity index is 1210. The first-order chi connectivity index (χ1) is 14.0. The molecule has 0 spiro atoms. The monoisotopic (exact) mass is 442 g/mol. The number of pyridine rings is 2. The van der Waals surface area contributed by atoms with Crippen molar-refractivity contribution in [1.82, 2.24) is 9.38 Å². The van der Waals surface area contributed by atoms with Gasteiger partial charge in [-0.3, -0.25) is 0 Å². The summed E-state index contributed by atoms with van der Waals surface area (Å²) in [7, 11) is 0. The molecule has 0 aliphatic rings. The number of rotatable bonds is 3. The molecule has 5 nitrogen and oxygen atoms in total. The van der Waals surface area contributed by atoms with Gasteiger partial charge >= 0.3 is 5.56 Å². The molecule has 0 saturated carbocycles. The van der Waals surface area contributed by atoms with Crippen LogP contribution in [0.15, 0.2) is 71.8 Å². The summed E-state index contributed by atoms with van der Waals surface area (Å²) in [5.74, 6) is -0.0771. The second-order valence-electron chi connectivity index (χ2n) is 6.38. The predicted octanol–water partition coefficient (Wildman–Crippen LogP) is 4.50. The van der Waals surface area contributed by atoms with Gasteiger partial charge in [0.15, 0.2) is 5.56 Å². The summed E-state index contributed by atoms with van der Waals surface area (Å²) < 4.78 is 3.24. The Morgan fingerprint density at radius 1 is 1.10 bits per heavy atom. The van der Waals surface area contributed by atoms with E-state index in [1.165, 1.54) is 0 Å². The zero-order valence-electron chi connectivity index (χ0n) is 17.1. The van der Waals surface area contributed by atoms with Crippen LogP contribution in [0.4, 0.5) is 0 Å². The second-order valence-corrected chi connectivity index (χ2v) is 6.76. The lowest BCUT2D eigenvalue weighted by atomic mass is 10.1. The lowest BCUT2D eigenvalue weighted by Gasteiger charge is -2.10. The first-order valence-electron chi connectivity index (χ1n) is 9.48. The largest absolute Gasteiger partial charge is 0.477 e. The molecule has 4 aromatic rings. The van der Waals surface area contributed by atoms with Gasteiger partial charge in [0, 0.05) is 17.8 Å². The van der Waals surface area contributed by atoms with E-state index >= 15 is 0 Å². The molecule has 4 rings (SSSR count). The summed E-state index contributed by atoms with van der Waals surface area (Å²) in [4.78, 5) is 17.2. The van der Waals surface area contributed by atoms with Crippen LogP contribution < -0.4 is 10.1 Å². The molecule has 0 saturated heterocycles. The van der Waals surface area contributed by atoms with Crippen molar-refractivity contribution in [2.45, 2.75) is 27.3 Å². The summed E-state index contributed by atoms with van der Waals surface area (Å²) in [6.45, 7) is 6.30. The second kappa shape index (κ2) is 10.3. The van der Waals surface area contributed by atoms with Crippen LogP contribution in [-0.2, 0) is 6.54 Å². The third kappa shape index (κ3) is 4.66. The number of benzene rings is 1. The van der Waals surface area contributed by atoms with Crippen LogP contribution in [0, 0.1) is 6.92 Å². The average Bonchev–Trinajstić information content (AvgIpc) is 2.74. The van der Waals surface area contributed by atoms with Crippen LogP contribution >= 0.6 is 25.1 Å². The molecule has 0 aliphatic carbocycles. The fourth-order valence-corrected chi connectivity index (χ4v) is 3.29. The Morgan fingerprint density at radius 2 is 1.87 bits per heavy atom. The minimum absolute atomic E-state index is 0. The van der Waals surface area contributed by atoms with E-state index in [4.69, 9.17) is 11.6 Å². The maximum atomic E-state index is 13.1. The van der Waals surface area contributed by atoms with Gasteiger partial charge in [0.1, 0.15) is 11.7 Å². The van der Waals surface area contributed by atoms with E-state index in [1.807, 2.05) is 57.2 Å². The standard InChI is InChI=1S/C21H16ClN3O2.C2H6.H2S/c1-14-5-4-6-16(11-14)19-20(26)24-10-3-2-7-18(24)25(21(19)27)13-15-8-9-17(22)23-12-15;1-2;/h2-12H,13H2,1H3;1-2H3;1H2/p+1. The van der Waals surface area contributed by atoms with E-state index in [-0.39, 0.29) is 30.5 Å². The van der Waals surface area contributed by atoms with E-state index in [1.54, 1.807) is 39.6 Å². The number of halogens is 1. The van der Waals surface area contributed by atoms with Gasteiger partial charge in [0.05, 0.1) is 6.20 Å². The first-order valence-corrected chi connectivity index (χ1v) is 9.86. The van der Waals surface area contributed by atoms with Crippen molar-refractivity contribution in [1.29, 1.82) is 0 Å². The number of hydrogen-bond donors (Lipinski definition) is 1. The van der Waals surface area contributed by atoms with Gasteiger partial charge in [-0.1, -0.05) is 67.4 Å². The Hall–Kier alpha value is -2.83. The first kappa shape index (κ1) is 23.4. The van der Waals surface area contributed by atoms with Crippen LogP contribution in [0.25, 0.3) is 16.8 Å². The Balaban J connectivity index is 0.00000104. The van der Waals surface area contributed by atoms with Crippen molar-refractivity contribution in [3.8, 4) is 17.0 Å². The number of aromatic nitrogens is 3. The normalized spacial score (nSPS) is 10.1. The Labute approximate surface area is 187 Å². The molecule has 0 bridgehead atoms. The van der Waals surface area contributed by atoms with Gasteiger partial charge in [0.25, 0.3) is 11.5 Å². The van der Waals surface area contributed by atoms with Crippen molar-refractivity contribution in [2.24, 2.45) is 0 Å². The van der Waals surface area contributed by atoms with Gasteiger partial charge in [-0.15, -0.1) is 0 Å². The molecule has 7 heteroatoms. The minimum atomic E-state index is -0.265. The lowest BCUT2D eigenvalue weighted by molar-refractivity contribution is -0.671. The Morgan fingerprint density at radius 3 is 2.53 bits per heavy atom. The van der Waals surface area contributed by atoms with Crippen LogP contribution in [0.1, 0.15) is 25.0 Å². The molecule has 1 aromatic carbocycles. The highest BCUT2D eigenvalue weighted by molar-refractivity contribution is 7.59. The van der Waals surface area contributed by atoms with Gasteiger partial charge in [-0.25, -0.2) is 9.78 Å². The van der Waals surface area contributed by atoms with Gasteiger partial charge in [0.2, 0.25) is 0 Å². The molecule has 0 fully saturated rings. The maximum absolute atomic E-state index is 13.1. The van der Waals surface area contributed by atoms with Crippen molar-refractivity contribution < 1.29 is 9.67 Å². The fraction of sp³-hybridized carbons (Fsp3) is 0.174. The molecule has 0 amide bonds. The van der Waals surface area contributed by atoms with Gasteiger partial charge in [-0.2, -0.15) is 22.5 Å². The maximum Gasteiger partial charge on any atom is 0.354 e. The quantitative estimate of drug-likeness (QED) is 0.375. The molecule has 0 radical (unpaired) electrons. The van der Waals surface area contributed by atoms with Gasteiger partial charge < -0.3 is 5.11 Å². The number of fused-ring (bicyclic) bond motifs is 1. The Kier molecular flexibility index (Phi) is 8.03. The zero-order valence-corrected chi connectivity index (χ0v) is 18.9. The lowest BCUT2D eigenvalue weighted by Crippen LogP contribution is -2.41. The molecule has 30 heavy (non-hydrogen) atoms. The van der Waals surface area contributed by atoms with E-state index < -0.39 is 0 Å². The van der Waals surface area contributed by atoms with E-state index in [0.717, 1.165) is 11.1 Å². The van der Waals surface area contributed by atoms with Crippen molar-refractivity contribution in [3.63, 3.8) is 0 Å². The topological polar surface area (TPSA) is 58.5 Å². The predicted molar refractivity (Wildman–Crippen MR) is 126 cm³/mol. The van der Waals surface area contributed by atoms with Gasteiger partial charge in [-0.05, 0) is 24.6 Å². The van der Waals surface area contributed by atoms with Crippen LogP contribution in [0.2, 0.25) is 5.15 Å². The average molecular weight is 443 g/mol. The highest BCUT2D eigenvalue weighted by Gasteiger charge is 2.25. The third-order valence-corrected chi connectivity index (χ3v) is 4.69. The van der Waals surface area contributed by atoms with Crippen molar-refractivity contribution in [2.75, 3.05) is 0 Å². The van der Waals surface area contributed by atoms with Crippen molar-refractivity contribution >= 4 is 30.7 Å². The highest BCUT2D eigenvalue weighted by atomic mass is 35.5. The SMILES string of the molecule is CC.Cc1cccc(-c2c(O)[n+](Cc3ccc(Cl)nc3)c3ccccn3c2=O)c1.S. The molecular formula is C23H25ClN3O2S+. The van der Waals surface area contributed by atoms with E-state index in [2.05, 4.69) is 4.98 Å². The summed E-state index contributed by atoms with van der Waals surface area (Å²) in [6, 6.07) is 16.5. The summed E-state index contributed by atoms with van der Waals surface area (Å²) >= 11 is 5.87. The molecule has 0 aliphatic heterocycles. The highest BCUT2D eigenvalue weighted by Crippen LogP contribution is 2.24. The molecule has 3 aromatic heterocycles. The smallest absolute Gasteiger partial charge is 0.354 e. The zero-order chi connectivity index (χ0) is 21.0. The van der Waals surface area contributed by atoms with E-state index in [0.29, 0.717) is 22.9 Å². The summed E-state index contributed by atoms with van der Waals surface area (Å²) in [5.41, 5.74) is 3.14. The molecule has 3 heterocycles. The number of nitrogens with zero attached hydrogens (tertiary/aromatic N) is 3. The van der Waals surface area contributed by atoms with Crippen LogP contribution in [0.5, 0.6) is 5.88 Å². The summed E-state index contributed by atoms with van der Waals surface area (Å²) in [6.07, 6.45) is 3.36. The third-order valence-electron chi connectivity index (χ3n) is 4.46. The number of hydrogen-bond acceptors (Lipinski definition) is 3. The molecular weight excluding hydrogens is 418 g/mol. The van der Waals surface area contributed by atoms with Crippen LogP contribution in [0.3, 0.4) is 0 Å². The molecule has 156 valence electrons. The molecule has 0 unspecified atom stereocenters. The fourth-order valence-electron chi connectivity index (χ4n) is 3.18. The molecule has 0 atom stereocenters. The number of aromatic hydroxyl groups is 1. The minimum Gasteiger partial charge on any atom is -0.477 e. The van der Waals surface area contributed by atoms with Crippen molar-refractivity contribution in [3.05, 3.63) is 93.6 Å². The van der Waals surface area contributed by atoms with E-state index in [9.17, 15) is 9.90 Å². The molecule has 1 N–H and O–H groups in total.